The van der Waals surface area contributed by atoms with Gasteiger partial charge in [0.25, 0.3) is 0 Å². The van der Waals surface area contributed by atoms with Crippen molar-refractivity contribution in [1.82, 2.24) is 4.98 Å². The molecular formula is C19H12FNO2. The molecule has 0 aliphatic heterocycles. The largest absolute Gasteiger partial charge is 0.464 e. The van der Waals surface area contributed by atoms with E-state index in [0.717, 1.165) is 22.4 Å². The van der Waals surface area contributed by atoms with Crippen molar-refractivity contribution in [2.75, 3.05) is 0 Å². The Labute approximate surface area is 131 Å². The second-order valence-corrected chi connectivity index (χ2v) is 5.10. The van der Waals surface area contributed by atoms with Gasteiger partial charge in [-0.1, -0.05) is 12.1 Å². The van der Waals surface area contributed by atoms with E-state index in [4.69, 9.17) is 8.83 Å². The Hall–Kier alpha value is -3.14. The van der Waals surface area contributed by atoms with Crippen LogP contribution in [0.3, 0.4) is 0 Å². The normalized spacial score (nSPS) is 11.5. The molecular weight excluding hydrogens is 293 g/mol. The van der Waals surface area contributed by atoms with Crippen LogP contribution in [0, 0.1) is 5.82 Å². The van der Waals surface area contributed by atoms with Crippen molar-refractivity contribution in [2.24, 2.45) is 0 Å². The highest BCUT2D eigenvalue weighted by Gasteiger charge is 2.07. The van der Waals surface area contributed by atoms with E-state index in [1.807, 2.05) is 36.4 Å². The SMILES string of the molecule is Fc1cccc(C=Cc2nc3cc(-c4ccco4)ccc3o2)c1. The molecule has 0 amide bonds. The molecule has 4 heteroatoms. The maximum Gasteiger partial charge on any atom is 0.220 e. The first kappa shape index (κ1) is 13.5. The topological polar surface area (TPSA) is 39.2 Å². The van der Waals surface area contributed by atoms with E-state index in [0.29, 0.717) is 11.5 Å². The Morgan fingerprint density at radius 2 is 1.91 bits per heavy atom. The van der Waals surface area contributed by atoms with Crippen LogP contribution >= 0.6 is 0 Å². The molecule has 0 saturated heterocycles. The fourth-order valence-electron chi connectivity index (χ4n) is 2.39. The fraction of sp³-hybridized carbons (Fsp3) is 0. The summed E-state index contributed by atoms with van der Waals surface area (Å²) in [6.07, 6.45) is 5.12. The average molecular weight is 305 g/mol. The lowest BCUT2D eigenvalue weighted by molar-refractivity contribution is 0.582. The average Bonchev–Trinajstić information content (AvgIpc) is 3.21. The van der Waals surface area contributed by atoms with Crippen LogP contribution < -0.4 is 0 Å². The molecule has 4 aromatic rings. The fourth-order valence-corrected chi connectivity index (χ4v) is 2.39. The van der Waals surface area contributed by atoms with Crippen molar-refractivity contribution in [2.45, 2.75) is 0 Å². The van der Waals surface area contributed by atoms with Gasteiger partial charge >= 0.3 is 0 Å². The van der Waals surface area contributed by atoms with Gasteiger partial charge in [0.05, 0.1) is 6.26 Å². The molecule has 2 aromatic carbocycles. The number of nitrogens with zero attached hydrogens (tertiary/aromatic N) is 1. The molecule has 3 nitrogen and oxygen atoms in total. The Morgan fingerprint density at radius 3 is 2.74 bits per heavy atom. The molecule has 112 valence electrons. The predicted molar refractivity (Wildman–Crippen MR) is 87.0 cm³/mol. The molecule has 23 heavy (non-hydrogen) atoms. The van der Waals surface area contributed by atoms with Crippen molar-refractivity contribution >= 4 is 23.3 Å². The highest BCUT2D eigenvalue weighted by molar-refractivity contribution is 5.80. The van der Waals surface area contributed by atoms with E-state index < -0.39 is 0 Å². The Morgan fingerprint density at radius 1 is 0.957 bits per heavy atom. The summed E-state index contributed by atoms with van der Waals surface area (Å²) in [7, 11) is 0. The van der Waals surface area contributed by atoms with Gasteiger partial charge in [0.2, 0.25) is 5.89 Å². The van der Waals surface area contributed by atoms with Gasteiger partial charge in [0.15, 0.2) is 5.58 Å². The van der Waals surface area contributed by atoms with Crippen molar-refractivity contribution < 1.29 is 13.2 Å². The minimum Gasteiger partial charge on any atom is -0.464 e. The van der Waals surface area contributed by atoms with E-state index in [1.165, 1.54) is 12.1 Å². The summed E-state index contributed by atoms with van der Waals surface area (Å²) in [5.74, 6) is 0.986. The number of oxazole rings is 1. The third-order valence-electron chi connectivity index (χ3n) is 3.48. The maximum atomic E-state index is 13.2. The zero-order chi connectivity index (χ0) is 15.6. The molecule has 0 unspecified atom stereocenters. The molecule has 0 N–H and O–H groups in total. The number of rotatable bonds is 3. The quantitative estimate of drug-likeness (QED) is 0.509. The summed E-state index contributed by atoms with van der Waals surface area (Å²) in [5, 5.41) is 0. The standard InChI is InChI=1S/C19H12FNO2/c20-15-4-1-3-13(11-15)6-9-19-21-16-12-14(7-8-18(16)23-19)17-5-2-10-22-17/h1-12H. The van der Waals surface area contributed by atoms with Crippen LogP contribution in [0.5, 0.6) is 0 Å². The summed E-state index contributed by atoms with van der Waals surface area (Å²) < 4.78 is 24.2. The van der Waals surface area contributed by atoms with Crippen LogP contribution in [0.1, 0.15) is 11.5 Å². The molecule has 0 spiro atoms. The first-order chi connectivity index (χ1) is 11.3. The van der Waals surface area contributed by atoms with Crippen LogP contribution in [0.15, 0.2) is 69.7 Å². The van der Waals surface area contributed by atoms with Crippen LogP contribution in [-0.4, -0.2) is 4.98 Å². The van der Waals surface area contributed by atoms with Crippen LogP contribution in [0.2, 0.25) is 0 Å². The maximum absolute atomic E-state index is 13.2. The molecule has 0 saturated carbocycles. The lowest BCUT2D eigenvalue weighted by Crippen LogP contribution is -1.76. The van der Waals surface area contributed by atoms with E-state index >= 15 is 0 Å². The molecule has 0 aliphatic carbocycles. The van der Waals surface area contributed by atoms with Crippen LogP contribution in [-0.2, 0) is 0 Å². The number of fused-ring (bicyclic) bond motifs is 1. The van der Waals surface area contributed by atoms with Gasteiger partial charge in [-0.15, -0.1) is 0 Å². The second kappa shape index (κ2) is 5.57. The van der Waals surface area contributed by atoms with E-state index in [1.54, 1.807) is 24.5 Å². The van der Waals surface area contributed by atoms with Crippen molar-refractivity contribution in [3.63, 3.8) is 0 Å². The lowest BCUT2D eigenvalue weighted by Gasteiger charge is -1.94. The molecule has 0 fully saturated rings. The highest BCUT2D eigenvalue weighted by Crippen LogP contribution is 2.25. The molecule has 0 bridgehead atoms. The number of benzene rings is 2. The lowest BCUT2D eigenvalue weighted by atomic mass is 10.1. The van der Waals surface area contributed by atoms with Gasteiger partial charge in [-0.3, -0.25) is 0 Å². The smallest absolute Gasteiger partial charge is 0.220 e. The van der Waals surface area contributed by atoms with Gasteiger partial charge in [-0.2, -0.15) is 0 Å². The number of hydrogen-bond acceptors (Lipinski definition) is 3. The third-order valence-corrected chi connectivity index (χ3v) is 3.48. The van der Waals surface area contributed by atoms with Crippen LogP contribution in [0.25, 0.3) is 34.6 Å². The number of hydrogen-bond donors (Lipinski definition) is 0. The predicted octanol–water partition coefficient (Wildman–Crippen LogP) is 5.40. The minimum atomic E-state index is -0.271. The van der Waals surface area contributed by atoms with Crippen LogP contribution in [0.4, 0.5) is 4.39 Å². The Kier molecular flexibility index (Phi) is 3.27. The summed E-state index contributed by atoms with van der Waals surface area (Å²) >= 11 is 0. The minimum absolute atomic E-state index is 0.271. The summed E-state index contributed by atoms with van der Waals surface area (Å²) in [6.45, 7) is 0. The molecule has 0 radical (unpaired) electrons. The van der Waals surface area contributed by atoms with Crippen molar-refractivity contribution in [3.8, 4) is 11.3 Å². The number of aromatic nitrogens is 1. The zero-order valence-corrected chi connectivity index (χ0v) is 12.1. The monoisotopic (exact) mass is 305 g/mol. The van der Waals surface area contributed by atoms with Gasteiger partial charge in [0, 0.05) is 11.6 Å². The zero-order valence-electron chi connectivity index (χ0n) is 12.1. The van der Waals surface area contributed by atoms with Gasteiger partial charge < -0.3 is 8.83 Å². The first-order valence-corrected chi connectivity index (χ1v) is 7.16. The summed E-state index contributed by atoms with van der Waals surface area (Å²) in [5.41, 5.74) is 3.14. The molecule has 0 atom stereocenters. The molecule has 4 rings (SSSR count). The number of halogens is 1. The second-order valence-electron chi connectivity index (χ2n) is 5.10. The summed E-state index contributed by atoms with van der Waals surface area (Å²) in [6, 6.07) is 15.8. The van der Waals surface area contributed by atoms with Gasteiger partial charge in [-0.05, 0) is 54.1 Å². The van der Waals surface area contributed by atoms with Crippen molar-refractivity contribution in [1.29, 1.82) is 0 Å². The molecule has 0 aliphatic rings. The number of furan rings is 1. The molecule has 2 aromatic heterocycles. The van der Waals surface area contributed by atoms with Gasteiger partial charge in [-0.25, -0.2) is 9.37 Å². The first-order valence-electron chi connectivity index (χ1n) is 7.16. The van der Waals surface area contributed by atoms with E-state index in [9.17, 15) is 4.39 Å². The van der Waals surface area contributed by atoms with E-state index in [-0.39, 0.29) is 5.82 Å². The third kappa shape index (κ3) is 2.79. The Balaban J connectivity index is 1.66. The summed E-state index contributed by atoms with van der Waals surface area (Å²) in [4.78, 5) is 4.43. The van der Waals surface area contributed by atoms with Crippen molar-refractivity contribution in [3.05, 3.63) is 78.1 Å². The van der Waals surface area contributed by atoms with E-state index in [2.05, 4.69) is 4.98 Å². The molecule has 2 heterocycles. The van der Waals surface area contributed by atoms with Gasteiger partial charge in [0.1, 0.15) is 17.1 Å². The highest BCUT2D eigenvalue weighted by atomic mass is 19.1. The Bertz CT molecular complexity index is 984.